The van der Waals surface area contributed by atoms with E-state index in [1.54, 1.807) is 0 Å². The topological polar surface area (TPSA) is 108 Å². The van der Waals surface area contributed by atoms with Gasteiger partial charge >= 0.3 is 12.1 Å². The maximum Gasteiger partial charge on any atom is 0.416 e. The number of halogens is 3. The number of benzene rings is 1. The number of hydrogen-bond donors (Lipinski definition) is 3. The molecule has 110 valence electrons. The van der Waals surface area contributed by atoms with Crippen molar-refractivity contribution in [2.24, 2.45) is 0 Å². The van der Waals surface area contributed by atoms with E-state index in [2.05, 4.69) is 20.5 Å². The van der Waals surface area contributed by atoms with Gasteiger partial charge < -0.3 is 10.4 Å². The molecule has 7 nitrogen and oxygen atoms in total. The molecule has 10 heteroatoms. The van der Waals surface area contributed by atoms with Crippen LogP contribution in [0.4, 0.5) is 18.9 Å². The number of H-pyrrole nitrogens is 1. The number of anilines is 1. The van der Waals surface area contributed by atoms with E-state index in [1.807, 2.05) is 0 Å². The molecule has 0 aliphatic heterocycles. The summed E-state index contributed by atoms with van der Waals surface area (Å²) in [6.45, 7) is 0. The van der Waals surface area contributed by atoms with Crippen molar-refractivity contribution in [3.8, 4) is 0 Å². The molecule has 2 aromatic rings. The molecule has 1 heterocycles. The number of carbonyl (C=O) groups excluding carboxylic acids is 1. The number of nitrogens with zero attached hydrogens (tertiary/aromatic N) is 2. The van der Waals surface area contributed by atoms with E-state index in [9.17, 15) is 22.8 Å². The van der Waals surface area contributed by atoms with Crippen LogP contribution in [-0.2, 0) is 6.18 Å². The number of aromatic carboxylic acids is 1. The third kappa shape index (κ3) is 3.35. The van der Waals surface area contributed by atoms with Gasteiger partial charge in [0.15, 0.2) is 0 Å². The zero-order valence-electron chi connectivity index (χ0n) is 10.1. The molecule has 0 radical (unpaired) electrons. The first-order valence-corrected chi connectivity index (χ1v) is 5.39. The van der Waals surface area contributed by atoms with Crippen molar-refractivity contribution in [1.29, 1.82) is 0 Å². The Morgan fingerprint density at radius 3 is 2.48 bits per heavy atom. The number of carboxylic acids is 1. The molecule has 0 aliphatic rings. The lowest BCUT2D eigenvalue weighted by Crippen LogP contribution is -2.16. The summed E-state index contributed by atoms with van der Waals surface area (Å²) in [6.07, 6.45) is -3.69. The fourth-order valence-electron chi connectivity index (χ4n) is 1.49. The highest BCUT2D eigenvalue weighted by Crippen LogP contribution is 2.32. The normalized spacial score (nSPS) is 11.2. The van der Waals surface area contributed by atoms with Crippen molar-refractivity contribution in [2.45, 2.75) is 6.18 Å². The minimum Gasteiger partial charge on any atom is -0.478 e. The van der Waals surface area contributed by atoms with Gasteiger partial charge in [0.1, 0.15) is 6.33 Å². The van der Waals surface area contributed by atoms with E-state index in [-0.39, 0.29) is 11.5 Å². The number of amides is 1. The summed E-state index contributed by atoms with van der Waals surface area (Å²) >= 11 is 0. The summed E-state index contributed by atoms with van der Waals surface area (Å²) in [6, 6.07) is 2.01. The number of aromatic amines is 1. The Morgan fingerprint density at radius 1 is 1.24 bits per heavy atom. The molecular weight excluding hydrogens is 293 g/mol. The summed E-state index contributed by atoms with van der Waals surface area (Å²) < 4.78 is 38.1. The third-order valence-corrected chi connectivity index (χ3v) is 2.40. The van der Waals surface area contributed by atoms with Gasteiger partial charge in [0.05, 0.1) is 11.1 Å². The Bertz CT molecular complexity index is 683. The van der Waals surface area contributed by atoms with Gasteiger partial charge in [0.2, 0.25) is 5.82 Å². The predicted octanol–water partition coefficient (Wildman–Crippen LogP) is 1.77. The molecule has 0 fully saturated rings. The molecule has 3 N–H and O–H groups in total. The minimum atomic E-state index is -4.74. The first kappa shape index (κ1) is 14.5. The van der Waals surface area contributed by atoms with Crippen LogP contribution in [0.15, 0.2) is 24.5 Å². The number of hydrogen-bond acceptors (Lipinski definition) is 4. The standard InChI is InChI=1S/C11H7F3N4O3/c12-11(13,14)6-1-5(10(20)21)2-7(3-6)17-9(19)8-15-4-16-18-8/h1-4H,(H,17,19)(H,20,21)(H,15,16,18). The van der Waals surface area contributed by atoms with Gasteiger partial charge in [-0.2, -0.15) is 18.3 Å². The van der Waals surface area contributed by atoms with Gasteiger partial charge in [-0.3, -0.25) is 9.89 Å². The zero-order chi connectivity index (χ0) is 15.6. The molecule has 1 aromatic heterocycles. The van der Waals surface area contributed by atoms with Crippen LogP contribution in [0.1, 0.15) is 26.5 Å². The average Bonchev–Trinajstić information content (AvgIpc) is 2.91. The van der Waals surface area contributed by atoms with E-state index in [1.165, 1.54) is 0 Å². The van der Waals surface area contributed by atoms with Crippen LogP contribution >= 0.6 is 0 Å². The van der Waals surface area contributed by atoms with Crippen molar-refractivity contribution < 1.29 is 27.9 Å². The van der Waals surface area contributed by atoms with E-state index in [0.717, 1.165) is 12.4 Å². The lowest BCUT2D eigenvalue weighted by atomic mass is 10.1. The summed E-state index contributed by atoms with van der Waals surface area (Å²) in [5, 5.41) is 16.6. The number of rotatable bonds is 3. The van der Waals surface area contributed by atoms with E-state index in [0.29, 0.717) is 12.1 Å². The second-order valence-corrected chi connectivity index (χ2v) is 3.89. The number of aromatic nitrogens is 3. The molecule has 0 saturated carbocycles. The van der Waals surface area contributed by atoms with Crippen molar-refractivity contribution in [3.63, 3.8) is 0 Å². The summed E-state index contributed by atoms with van der Waals surface area (Å²) in [4.78, 5) is 26.0. The lowest BCUT2D eigenvalue weighted by molar-refractivity contribution is -0.137. The van der Waals surface area contributed by atoms with E-state index in [4.69, 9.17) is 5.11 Å². The molecule has 1 aromatic carbocycles. The first-order valence-electron chi connectivity index (χ1n) is 5.39. The van der Waals surface area contributed by atoms with Gasteiger partial charge in [-0.1, -0.05) is 0 Å². The predicted molar refractivity (Wildman–Crippen MR) is 62.7 cm³/mol. The van der Waals surface area contributed by atoms with Crippen LogP contribution < -0.4 is 5.32 Å². The van der Waals surface area contributed by atoms with Crippen molar-refractivity contribution in [1.82, 2.24) is 15.2 Å². The zero-order valence-corrected chi connectivity index (χ0v) is 10.1. The Morgan fingerprint density at radius 2 is 1.95 bits per heavy atom. The molecule has 0 saturated heterocycles. The van der Waals surface area contributed by atoms with Gasteiger partial charge in [0.25, 0.3) is 5.91 Å². The Hall–Kier alpha value is -2.91. The number of carboxylic acid groups (broad SMARTS) is 1. The number of alkyl halides is 3. The van der Waals surface area contributed by atoms with Crippen molar-refractivity contribution in [2.75, 3.05) is 5.32 Å². The van der Waals surface area contributed by atoms with Crippen LogP contribution in [0.25, 0.3) is 0 Å². The molecule has 0 atom stereocenters. The van der Waals surface area contributed by atoms with E-state index < -0.39 is 29.2 Å². The second-order valence-electron chi connectivity index (χ2n) is 3.89. The van der Waals surface area contributed by atoms with Crippen LogP contribution in [0.5, 0.6) is 0 Å². The van der Waals surface area contributed by atoms with E-state index >= 15 is 0 Å². The van der Waals surface area contributed by atoms with Crippen molar-refractivity contribution in [3.05, 3.63) is 41.5 Å². The monoisotopic (exact) mass is 300 g/mol. The number of carbonyl (C=O) groups is 2. The summed E-state index contributed by atoms with van der Waals surface area (Å²) in [7, 11) is 0. The fourth-order valence-corrected chi connectivity index (χ4v) is 1.49. The Labute approximate surface area is 114 Å². The van der Waals surface area contributed by atoms with Crippen LogP contribution in [0.2, 0.25) is 0 Å². The molecule has 21 heavy (non-hydrogen) atoms. The van der Waals surface area contributed by atoms with Gasteiger partial charge in [-0.15, -0.1) is 0 Å². The molecule has 0 spiro atoms. The molecule has 2 rings (SSSR count). The maximum absolute atomic E-state index is 12.7. The molecule has 0 unspecified atom stereocenters. The Kier molecular flexibility index (Phi) is 3.61. The maximum atomic E-state index is 12.7. The summed E-state index contributed by atoms with van der Waals surface area (Å²) in [5.74, 6) is -2.61. The van der Waals surface area contributed by atoms with Gasteiger partial charge in [-0.25, -0.2) is 9.78 Å². The Balaban J connectivity index is 2.37. The molecule has 0 bridgehead atoms. The molecular formula is C11H7F3N4O3. The highest BCUT2D eigenvalue weighted by Gasteiger charge is 2.32. The van der Waals surface area contributed by atoms with Crippen molar-refractivity contribution >= 4 is 17.6 Å². The highest BCUT2D eigenvalue weighted by atomic mass is 19.4. The smallest absolute Gasteiger partial charge is 0.416 e. The fraction of sp³-hybridized carbons (Fsp3) is 0.0909. The lowest BCUT2D eigenvalue weighted by Gasteiger charge is -2.11. The first-order chi connectivity index (χ1) is 9.77. The second kappa shape index (κ2) is 5.23. The SMILES string of the molecule is O=C(O)c1cc(NC(=O)c2ncn[nH]2)cc(C(F)(F)F)c1. The van der Waals surface area contributed by atoms with Crippen LogP contribution in [0.3, 0.4) is 0 Å². The van der Waals surface area contributed by atoms with Gasteiger partial charge in [0, 0.05) is 5.69 Å². The third-order valence-electron chi connectivity index (χ3n) is 2.40. The quantitative estimate of drug-likeness (QED) is 0.800. The van der Waals surface area contributed by atoms with Crippen LogP contribution in [0, 0.1) is 0 Å². The number of nitrogens with one attached hydrogen (secondary N) is 2. The molecule has 1 amide bonds. The minimum absolute atomic E-state index is 0.218. The average molecular weight is 300 g/mol. The highest BCUT2D eigenvalue weighted by molar-refractivity contribution is 6.02. The largest absolute Gasteiger partial charge is 0.478 e. The summed E-state index contributed by atoms with van der Waals surface area (Å²) in [5.41, 5.74) is -2.10. The van der Waals surface area contributed by atoms with Crippen LogP contribution in [-0.4, -0.2) is 32.2 Å². The molecule has 0 aliphatic carbocycles. The van der Waals surface area contributed by atoms with Gasteiger partial charge in [-0.05, 0) is 18.2 Å².